The van der Waals surface area contributed by atoms with Gasteiger partial charge in [-0.15, -0.1) is 0 Å². The van der Waals surface area contributed by atoms with E-state index < -0.39 is 0 Å². The number of carbonyl (C=O) groups excluding carboxylic acids is 1. The third kappa shape index (κ3) is 2.05. The molecule has 2 N–H and O–H groups in total. The number of fused-ring (bicyclic) bond motifs is 1. The topological polar surface area (TPSA) is 70.2 Å². The Morgan fingerprint density at radius 2 is 2.47 bits per heavy atom. The van der Waals surface area contributed by atoms with Crippen molar-refractivity contribution in [3.05, 3.63) is 17.5 Å². The molecule has 0 aliphatic carbocycles. The highest BCUT2D eigenvalue weighted by Gasteiger charge is 2.37. The molecule has 3 rings (SSSR count). The smallest absolute Gasteiger partial charge is 0.246 e. The summed E-state index contributed by atoms with van der Waals surface area (Å²) in [6.45, 7) is 4.79. The van der Waals surface area contributed by atoms with Crippen LogP contribution in [0, 0.1) is 6.92 Å². The second-order valence-electron chi connectivity index (χ2n) is 4.74. The predicted octanol–water partition coefficient (Wildman–Crippen LogP) is -0.583. The number of aromatic amines is 1. The van der Waals surface area contributed by atoms with Gasteiger partial charge in [-0.3, -0.25) is 14.8 Å². The summed E-state index contributed by atoms with van der Waals surface area (Å²) in [7, 11) is 0. The predicted molar refractivity (Wildman–Crippen MR) is 60.3 cm³/mol. The molecule has 2 fully saturated rings. The zero-order chi connectivity index (χ0) is 11.8. The number of aromatic nitrogens is 2. The van der Waals surface area contributed by atoms with Gasteiger partial charge < -0.3 is 10.1 Å². The summed E-state index contributed by atoms with van der Waals surface area (Å²) < 4.78 is 5.52. The number of aryl methyl sites for hydroxylation is 1. The van der Waals surface area contributed by atoms with Gasteiger partial charge in [0.05, 0.1) is 18.3 Å². The van der Waals surface area contributed by atoms with Crippen LogP contribution in [0.25, 0.3) is 0 Å². The number of H-pyrrole nitrogens is 1. The monoisotopic (exact) mass is 236 g/mol. The maximum absolute atomic E-state index is 11.2. The van der Waals surface area contributed by atoms with Crippen LogP contribution in [0.15, 0.2) is 6.20 Å². The number of likely N-dealkylation sites (tertiary alicyclic amines) is 1. The molecule has 1 aromatic heterocycles. The van der Waals surface area contributed by atoms with Crippen molar-refractivity contribution >= 4 is 5.91 Å². The normalized spacial score (nSPS) is 29.1. The lowest BCUT2D eigenvalue weighted by Crippen LogP contribution is -2.50. The number of morpholine rings is 1. The van der Waals surface area contributed by atoms with Gasteiger partial charge in [0.25, 0.3) is 0 Å². The molecule has 2 aliphatic rings. The minimum Gasteiger partial charge on any atom is -0.365 e. The van der Waals surface area contributed by atoms with Crippen molar-refractivity contribution in [3.63, 3.8) is 0 Å². The van der Waals surface area contributed by atoms with E-state index in [1.165, 1.54) is 5.56 Å². The van der Waals surface area contributed by atoms with Gasteiger partial charge in [-0.05, 0) is 6.92 Å². The Labute approximate surface area is 99.3 Å². The first kappa shape index (κ1) is 10.7. The highest BCUT2D eigenvalue weighted by molar-refractivity contribution is 5.78. The second kappa shape index (κ2) is 4.12. The van der Waals surface area contributed by atoms with Crippen molar-refractivity contribution < 1.29 is 9.53 Å². The number of carbonyl (C=O) groups is 1. The minimum atomic E-state index is -0.00686. The second-order valence-corrected chi connectivity index (χ2v) is 4.74. The number of nitrogens with zero attached hydrogens (tertiary/aromatic N) is 2. The molecule has 2 saturated heterocycles. The molecule has 0 aromatic carbocycles. The molecule has 0 bridgehead atoms. The lowest BCUT2D eigenvalue weighted by atomic mass is 10.2. The molecule has 2 aliphatic heterocycles. The largest absolute Gasteiger partial charge is 0.365 e. The lowest BCUT2D eigenvalue weighted by Gasteiger charge is -2.25. The number of ether oxygens (including phenoxy) is 1. The van der Waals surface area contributed by atoms with Crippen LogP contribution in [-0.4, -0.2) is 52.8 Å². The van der Waals surface area contributed by atoms with Gasteiger partial charge >= 0.3 is 0 Å². The fraction of sp³-hybridized carbons (Fsp3) is 0.636. The van der Waals surface area contributed by atoms with Crippen LogP contribution in [0.1, 0.15) is 11.3 Å². The molecule has 0 spiro atoms. The van der Waals surface area contributed by atoms with Crippen LogP contribution in [0.4, 0.5) is 0 Å². The number of hydrogen-bond acceptors (Lipinski definition) is 4. The molecule has 6 heteroatoms. The van der Waals surface area contributed by atoms with E-state index in [1.54, 1.807) is 0 Å². The Balaban J connectivity index is 1.64. The maximum atomic E-state index is 11.2. The van der Waals surface area contributed by atoms with Crippen molar-refractivity contribution in [2.24, 2.45) is 0 Å². The molecular weight excluding hydrogens is 220 g/mol. The third-order valence-electron chi connectivity index (χ3n) is 3.44. The molecule has 0 saturated carbocycles. The first-order valence-electron chi connectivity index (χ1n) is 5.84. The summed E-state index contributed by atoms with van der Waals surface area (Å²) >= 11 is 0. The molecule has 0 radical (unpaired) electrons. The van der Waals surface area contributed by atoms with Crippen LogP contribution >= 0.6 is 0 Å². The molecule has 92 valence electrons. The molecular formula is C11H16N4O2. The molecule has 1 aromatic rings. The van der Waals surface area contributed by atoms with Gasteiger partial charge in [0.2, 0.25) is 5.91 Å². The summed E-state index contributed by atoms with van der Waals surface area (Å²) in [6.07, 6.45) is 2.00. The van der Waals surface area contributed by atoms with E-state index in [0.29, 0.717) is 0 Å². The van der Waals surface area contributed by atoms with Crippen LogP contribution < -0.4 is 5.32 Å². The number of amides is 1. The van der Waals surface area contributed by atoms with Crippen molar-refractivity contribution in [2.45, 2.75) is 25.6 Å². The summed E-state index contributed by atoms with van der Waals surface area (Å²) in [5.74, 6) is -0.00686. The fourth-order valence-corrected chi connectivity index (χ4v) is 2.50. The van der Waals surface area contributed by atoms with Gasteiger partial charge in [-0.1, -0.05) is 0 Å². The van der Waals surface area contributed by atoms with Crippen molar-refractivity contribution in [1.29, 1.82) is 0 Å². The number of nitrogens with one attached hydrogen (secondary N) is 2. The molecule has 17 heavy (non-hydrogen) atoms. The standard InChI is InChI=1S/C11H16N4O2/c1-7-8(2-12-14-7)3-15-4-9-10(5-15)17-6-11(16)13-9/h2,9-10H,3-6H2,1H3,(H,12,14)(H,13,16)/t9-,10-/m0/s1. The number of rotatable bonds is 2. The molecule has 1 amide bonds. The van der Waals surface area contributed by atoms with Crippen LogP contribution in [-0.2, 0) is 16.1 Å². The highest BCUT2D eigenvalue weighted by atomic mass is 16.5. The average Bonchev–Trinajstić information content (AvgIpc) is 2.85. The van der Waals surface area contributed by atoms with Gasteiger partial charge in [-0.25, -0.2) is 0 Å². The minimum absolute atomic E-state index is 0.00686. The van der Waals surface area contributed by atoms with Crippen LogP contribution in [0.5, 0.6) is 0 Å². The quantitative estimate of drug-likeness (QED) is 0.720. The van der Waals surface area contributed by atoms with Crippen LogP contribution in [0.3, 0.4) is 0 Å². The molecule has 3 heterocycles. The Bertz CT molecular complexity index is 431. The summed E-state index contributed by atoms with van der Waals surface area (Å²) in [5.41, 5.74) is 2.31. The van der Waals surface area contributed by atoms with Crippen molar-refractivity contribution in [1.82, 2.24) is 20.4 Å². The van der Waals surface area contributed by atoms with E-state index in [0.717, 1.165) is 25.3 Å². The Morgan fingerprint density at radius 1 is 1.59 bits per heavy atom. The van der Waals surface area contributed by atoms with E-state index in [4.69, 9.17) is 4.74 Å². The van der Waals surface area contributed by atoms with E-state index in [2.05, 4.69) is 20.4 Å². The lowest BCUT2D eigenvalue weighted by molar-refractivity contribution is -0.134. The SMILES string of the molecule is Cc1[nH]ncc1CN1C[C@@H]2NC(=O)CO[C@H]2C1. The highest BCUT2D eigenvalue weighted by Crippen LogP contribution is 2.19. The summed E-state index contributed by atoms with van der Waals surface area (Å²) in [4.78, 5) is 13.5. The van der Waals surface area contributed by atoms with E-state index in [1.807, 2.05) is 13.1 Å². The zero-order valence-corrected chi connectivity index (χ0v) is 9.77. The van der Waals surface area contributed by atoms with E-state index in [-0.39, 0.29) is 24.7 Å². The third-order valence-corrected chi connectivity index (χ3v) is 3.44. The number of hydrogen-bond donors (Lipinski definition) is 2. The van der Waals surface area contributed by atoms with Crippen molar-refractivity contribution in [3.8, 4) is 0 Å². The van der Waals surface area contributed by atoms with Gasteiger partial charge in [0, 0.05) is 30.9 Å². The molecule has 0 unspecified atom stereocenters. The van der Waals surface area contributed by atoms with Crippen molar-refractivity contribution in [2.75, 3.05) is 19.7 Å². The first-order valence-corrected chi connectivity index (χ1v) is 5.84. The van der Waals surface area contributed by atoms with Gasteiger partial charge in [-0.2, -0.15) is 5.10 Å². The fourth-order valence-electron chi connectivity index (χ4n) is 2.50. The first-order chi connectivity index (χ1) is 8.22. The Morgan fingerprint density at radius 3 is 3.24 bits per heavy atom. The molecule has 2 atom stereocenters. The average molecular weight is 236 g/mol. The Kier molecular flexibility index (Phi) is 2.60. The maximum Gasteiger partial charge on any atom is 0.246 e. The van der Waals surface area contributed by atoms with Gasteiger partial charge in [0.1, 0.15) is 6.61 Å². The van der Waals surface area contributed by atoms with E-state index >= 15 is 0 Å². The van der Waals surface area contributed by atoms with Crippen LogP contribution in [0.2, 0.25) is 0 Å². The van der Waals surface area contributed by atoms with Gasteiger partial charge in [0.15, 0.2) is 0 Å². The van der Waals surface area contributed by atoms with E-state index in [9.17, 15) is 4.79 Å². The molecule has 6 nitrogen and oxygen atoms in total. The zero-order valence-electron chi connectivity index (χ0n) is 9.77. The summed E-state index contributed by atoms with van der Waals surface area (Å²) in [6, 6.07) is 0.142. The Hall–Kier alpha value is -1.40. The summed E-state index contributed by atoms with van der Waals surface area (Å²) in [5, 5.41) is 9.92.